The average Bonchev–Trinajstić information content (AvgIpc) is 2.47. The summed E-state index contributed by atoms with van der Waals surface area (Å²) >= 11 is 0. The third-order valence-corrected chi connectivity index (χ3v) is 4.91. The SMILES string of the molecule is CC(=O)N1CCC[C@@H](N(CC(=O)O)CC2CCCCC2)C1. The number of amides is 1. The Morgan fingerprint density at radius 3 is 2.48 bits per heavy atom. The molecule has 1 saturated carbocycles. The number of hydrogen-bond acceptors (Lipinski definition) is 3. The summed E-state index contributed by atoms with van der Waals surface area (Å²) in [5, 5.41) is 9.20. The van der Waals surface area contributed by atoms with E-state index in [1.54, 1.807) is 6.92 Å². The molecule has 0 aromatic rings. The summed E-state index contributed by atoms with van der Waals surface area (Å²) in [6.07, 6.45) is 8.29. The van der Waals surface area contributed by atoms with Gasteiger partial charge in [0.15, 0.2) is 0 Å². The Morgan fingerprint density at radius 1 is 1.14 bits per heavy atom. The van der Waals surface area contributed by atoms with Gasteiger partial charge in [-0.15, -0.1) is 0 Å². The predicted molar refractivity (Wildman–Crippen MR) is 81.1 cm³/mol. The van der Waals surface area contributed by atoms with E-state index < -0.39 is 5.97 Å². The zero-order valence-electron chi connectivity index (χ0n) is 13.1. The van der Waals surface area contributed by atoms with Gasteiger partial charge in [0, 0.05) is 32.6 Å². The van der Waals surface area contributed by atoms with E-state index in [9.17, 15) is 14.7 Å². The molecule has 2 aliphatic rings. The quantitative estimate of drug-likeness (QED) is 0.842. The van der Waals surface area contributed by atoms with Gasteiger partial charge in [-0.3, -0.25) is 14.5 Å². The lowest BCUT2D eigenvalue weighted by molar-refractivity contribution is -0.139. The number of hydrogen-bond donors (Lipinski definition) is 1. The van der Waals surface area contributed by atoms with Gasteiger partial charge in [-0.1, -0.05) is 19.3 Å². The summed E-state index contributed by atoms with van der Waals surface area (Å²) in [6, 6.07) is 0.209. The zero-order valence-corrected chi connectivity index (χ0v) is 13.1. The van der Waals surface area contributed by atoms with E-state index >= 15 is 0 Å². The lowest BCUT2D eigenvalue weighted by Gasteiger charge is -2.40. The Labute approximate surface area is 127 Å². The molecular formula is C16H28N2O3. The Morgan fingerprint density at radius 2 is 1.86 bits per heavy atom. The summed E-state index contributed by atoms with van der Waals surface area (Å²) in [5.74, 6) is -0.0239. The van der Waals surface area contributed by atoms with E-state index in [-0.39, 0.29) is 18.5 Å². The number of rotatable bonds is 5. The second kappa shape index (κ2) is 7.78. The number of carboxylic acids is 1. The highest BCUT2D eigenvalue weighted by Gasteiger charge is 2.29. The molecule has 0 bridgehead atoms. The molecule has 21 heavy (non-hydrogen) atoms. The van der Waals surface area contributed by atoms with Crippen molar-refractivity contribution in [3.8, 4) is 0 Å². The highest BCUT2D eigenvalue weighted by Crippen LogP contribution is 2.26. The molecule has 1 saturated heterocycles. The molecule has 5 nitrogen and oxygen atoms in total. The van der Waals surface area contributed by atoms with Crippen LogP contribution in [0.5, 0.6) is 0 Å². The maximum Gasteiger partial charge on any atom is 0.317 e. The number of piperidine rings is 1. The lowest BCUT2D eigenvalue weighted by atomic mass is 9.88. The fourth-order valence-corrected chi connectivity index (χ4v) is 3.76. The smallest absolute Gasteiger partial charge is 0.317 e. The molecule has 1 aliphatic heterocycles. The maximum atomic E-state index is 11.6. The van der Waals surface area contributed by atoms with Crippen LogP contribution in [0.1, 0.15) is 51.9 Å². The first-order chi connectivity index (χ1) is 10.1. The molecule has 1 aliphatic carbocycles. The van der Waals surface area contributed by atoms with Crippen LogP contribution in [0.2, 0.25) is 0 Å². The van der Waals surface area contributed by atoms with Gasteiger partial charge in [0.05, 0.1) is 6.54 Å². The van der Waals surface area contributed by atoms with E-state index in [0.717, 1.165) is 25.9 Å². The molecule has 0 aromatic carbocycles. The van der Waals surface area contributed by atoms with Gasteiger partial charge >= 0.3 is 5.97 Å². The van der Waals surface area contributed by atoms with Gasteiger partial charge in [0.1, 0.15) is 0 Å². The Balaban J connectivity index is 1.96. The third-order valence-electron chi connectivity index (χ3n) is 4.91. The first kappa shape index (κ1) is 16.3. The van der Waals surface area contributed by atoms with Gasteiger partial charge in [0.25, 0.3) is 0 Å². The Bertz CT molecular complexity index is 367. The zero-order chi connectivity index (χ0) is 15.2. The molecule has 120 valence electrons. The predicted octanol–water partition coefficient (Wildman–Crippen LogP) is 1.96. The summed E-state index contributed by atoms with van der Waals surface area (Å²) in [7, 11) is 0. The van der Waals surface area contributed by atoms with Crippen molar-refractivity contribution in [1.82, 2.24) is 9.80 Å². The fourth-order valence-electron chi connectivity index (χ4n) is 3.76. The normalized spacial score (nSPS) is 24.3. The van der Waals surface area contributed by atoms with Crippen molar-refractivity contribution < 1.29 is 14.7 Å². The van der Waals surface area contributed by atoms with Crippen LogP contribution in [0.25, 0.3) is 0 Å². The molecule has 0 radical (unpaired) electrons. The van der Waals surface area contributed by atoms with Crippen LogP contribution < -0.4 is 0 Å². The monoisotopic (exact) mass is 296 g/mol. The number of carbonyl (C=O) groups is 2. The minimum Gasteiger partial charge on any atom is -0.480 e. The molecular weight excluding hydrogens is 268 g/mol. The molecule has 2 rings (SSSR count). The van der Waals surface area contributed by atoms with Gasteiger partial charge in [-0.2, -0.15) is 0 Å². The van der Waals surface area contributed by atoms with Crippen molar-refractivity contribution in [3.63, 3.8) is 0 Å². The van der Waals surface area contributed by atoms with E-state index in [0.29, 0.717) is 12.5 Å². The fraction of sp³-hybridized carbons (Fsp3) is 0.875. The molecule has 0 spiro atoms. The van der Waals surface area contributed by atoms with Crippen molar-refractivity contribution in [2.24, 2.45) is 5.92 Å². The summed E-state index contributed by atoms with van der Waals surface area (Å²) in [6.45, 7) is 4.09. The van der Waals surface area contributed by atoms with Crippen LogP contribution in [0.4, 0.5) is 0 Å². The van der Waals surface area contributed by atoms with Gasteiger partial charge in [-0.25, -0.2) is 0 Å². The molecule has 1 N–H and O–H groups in total. The largest absolute Gasteiger partial charge is 0.480 e. The van der Waals surface area contributed by atoms with Crippen LogP contribution in [0, 0.1) is 5.92 Å². The summed E-state index contributed by atoms with van der Waals surface area (Å²) in [4.78, 5) is 26.7. The van der Waals surface area contributed by atoms with Crippen LogP contribution in [-0.2, 0) is 9.59 Å². The van der Waals surface area contributed by atoms with Crippen molar-refractivity contribution in [2.75, 3.05) is 26.2 Å². The van der Waals surface area contributed by atoms with E-state index in [2.05, 4.69) is 4.90 Å². The second-order valence-electron chi connectivity index (χ2n) is 6.59. The molecule has 1 heterocycles. The summed E-state index contributed by atoms with van der Waals surface area (Å²) < 4.78 is 0. The molecule has 2 fully saturated rings. The van der Waals surface area contributed by atoms with E-state index in [1.807, 2.05) is 4.90 Å². The van der Waals surface area contributed by atoms with Gasteiger partial charge < -0.3 is 10.0 Å². The highest BCUT2D eigenvalue weighted by molar-refractivity contribution is 5.73. The lowest BCUT2D eigenvalue weighted by Crippen LogP contribution is -2.51. The molecule has 1 atom stereocenters. The first-order valence-corrected chi connectivity index (χ1v) is 8.27. The van der Waals surface area contributed by atoms with Gasteiger partial charge in [-0.05, 0) is 31.6 Å². The standard InChI is InChI=1S/C16H28N2O3/c1-13(19)17-9-5-8-15(11-17)18(12-16(20)21)10-14-6-3-2-4-7-14/h14-15H,2-12H2,1H3,(H,20,21)/t15-/m1/s1. The van der Waals surface area contributed by atoms with Crippen molar-refractivity contribution in [3.05, 3.63) is 0 Å². The minimum atomic E-state index is -0.759. The average molecular weight is 296 g/mol. The highest BCUT2D eigenvalue weighted by atomic mass is 16.4. The summed E-state index contributed by atoms with van der Waals surface area (Å²) in [5.41, 5.74) is 0. The Kier molecular flexibility index (Phi) is 6.03. The van der Waals surface area contributed by atoms with Gasteiger partial charge in [0.2, 0.25) is 5.91 Å². The Hall–Kier alpha value is -1.10. The van der Waals surface area contributed by atoms with Crippen molar-refractivity contribution >= 4 is 11.9 Å². The second-order valence-corrected chi connectivity index (χ2v) is 6.59. The number of carboxylic acid groups (broad SMARTS) is 1. The van der Waals surface area contributed by atoms with Crippen molar-refractivity contribution in [1.29, 1.82) is 0 Å². The van der Waals surface area contributed by atoms with E-state index in [1.165, 1.54) is 32.1 Å². The third kappa shape index (κ3) is 4.99. The molecule has 1 amide bonds. The van der Waals surface area contributed by atoms with Crippen LogP contribution in [-0.4, -0.2) is 59.0 Å². The molecule has 0 aromatic heterocycles. The molecule has 0 unspecified atom stereocenters. The number of aliphatic carboxylic acids is 1. The minimum absolute atomic E-state index is 0.104. The topological polar surface area (TPSA) is 60.9 Å². The maximum absolute atomic E-state index is 11.6. The van der Waals surface area contributed by atoms with Crippen LogP contribution >= 0.6 is 0 Å². The molecule has 5 heteroatoms. The first-order valence-electron chi connectivity index (χ1n) is 8.27. The van der Waals surface area contributed by atoms with Crippen LogP contribution in [0.3, 0.4) is 0 Å². The number of nitrogens with zero attached hydrogens (tertiary/aromatic N) is 2. The number of likely N-dealkylation sites (tertiary alicyclic amines) is 1. The van der Waals surface area contributed by atoms with Crippen LogP contribution in [0.15, 0.2) is 0 Å². The van der Waals surface area contributed by atoms with Crippen molar-refractivity contribution in [2.45, 2.75) is 57.9 Å². The number of carbonyl (C=O) groups excluding carboxylic acids is 1. The van der Waals surface area contributed by atoms with E-state index in [4.69, 9.17) is 0 Å².